The number of hydrogen-bond acceptors (Lipinski definition) is 4. The van der Waals surface area contributed by atoms with Crippen LogP contribution in [0.5, 0.6) is 0 Å². The molecule has 2 rings (SSSR count). The van der Waals surface area contributed by atoms with Crippen LogP contribution in [-0.2, 0) is 4.74 Å². The number of likely N-dealkylation sites (tertiary alicyclic amines) is 1. The molecule has 0 saturated carbocycles. The van der Waals surface area contributed by atoms with Crippen LogP contribution in [0.15, 0.2) is 0 Å². The van der Waals surface area contributed by atoms with Crippen molar-refractivity contribution >= 4 is 17.9 Å². The Balaban J connectivity index is 1.74. The maximum absolute atomic E-state index is 12.1. The van der Waals surface area contributed by atoms with E-state index in [1.54, 1.807) is 0 Å². The molecule has 2 saturated heterocycles. The Labute approximate surface area is 139 Å². The molecule has 1 atom stereocenters. The van der Waals surface area contributed by atoms with Crippen molar-refractivity contribution in [1.82, 2.24) is 10.2 Å². The average Bonchev–Trinajstić information content (AvgIpc) is 2.36. The Morgan fingerprint density at radius 1 is 1.23 bits per heavy atom. The summed E-state index contributed by atoms with van der Waals surface area (Å²) in [5.74, 6) is 2.48. The van der Waals surface area contributed by atoms with E-state index in [0.717, 1.165) is 25.9 Å². The second-order valence-electron chi connectivity index (χ2n) is 8.49. The highest BCUT2D eigenvalue weighted by Gasteiger charge is 2.32. The van der Waals surface area contributed by atoms with E-state index in [9.17, 15) is 4.79 Å². The molecule has 5 heteroatoms. The quantitative estimate of drug-likeness (QED) is 0.842. The van der Waals surface area contributed by atoms with Crippen molar-refractivity contribution in [3.05, 3.63) is 0 Å². The Kier molecular flexibility index (Phi) is 5.70. The van der Waals surface area contributed by atoms with Gasteiger partial charge in [-0.15, -0.1) is 0 Å². The summed E-state index contributed by atoms with van der Waals surface area (Å²) in [5, 5.41) is 3.82. The van der Waals surface area contributed by atoms with Crippen molar-refractivity contribution in [3.63, 3.8) is 0 Å². The minimum atomic E-state index is -0.406. The van der Waals surface area contributed by atoms with E-state index in [2.05, 4.69) is 30.9 Å². The predicted octanol–water partition coefficient (Wildman–Crippen LogP) is 3.51. The summed E-state index contributed by atoms with van der Waals surface area (Å²) in [4.78, 5) is 13.9. The molecule has 128 valence electrons. The number of amides is 1. The van der Waals surface area contributed by atoms with Crippen LogP contribution < -0.4 is 5.32 Å². The smallest absolute Gasteiger partial charge is 0.410 e. The molecular weight excluding hydrogens is 296 g/mol. The van der Waals surface area contributed by atoms with Gasteiger partial charge < -0.3 is 15.0 Å². The number of piperidine rings is 1. The van der Waals surface area contributed by atoms with Gasteiger partial charge in [0.2, 0.25) is 0 Å². The lowest BCUT2D eigenvalue weighted by atomic mass is 9.87. The van der Waals surface area contributed by atoms with E-state index in [1.807, 2.05) is 25.7 Å². The van der Waals surface area contributed by atoms with E-state index < -0.39 is 5.60 Å². The van der Waals surface area contributed by atoms with Crippen molar-refractivity contribution in [1.29, 1.82) is 0 Å². The number of rotatable bonds is 2. The Hall–Kier alpha value is -0.420. The molecule has 1 N–H and O–H groups in total. The molecule has 2 fully saturated rings. The summed E-state index contributed by atoms with van der Waals surface area (Å²) in [5.41, 5.74) is 0.0366. The van der Waals surface area contributed by atoms with Crippen molar-refractivity contribution < 1.29 is 9.53 Å². The maximum atomic E-state index is 12.1. The standard InChI is InChI=1S/C17H32N2O2S/c1-16(2,3)21-15(20)19-8-6-13(7-9-19)18-14-10-17(4,5)12-22-11-14/h13-14,18H,6-12H2,1-5H3. The van der Waals surface area contributed by atoms with Crippen LogP contribution in [0.25, 0.3) is 0 Å². The summed E-state index contributed by atoms with van der Waals surface area (Å²) in [6.45, 7) is 12.1. The fourth-order valence-corrected chi connectivity index (χ4v) is 4.54. The monoisotopic (exact) mass is 328 g/mol. The molecule has 1 amide bonds. The number of nitrogens with zero attached hydrogens (tertiary/aromatic N) is 1. The van der Waals surface area contributed by atoms with Crippen LogP contribution in [0, 0.1) is 5.41 Å². The zero-order valence-electron chi connectivity index (χ0n) is 14.8. The molecule has 0 aliphatic carbocycles. The Morgan fingerprint density at radius 3 is 2.41 bits per heavy atom. The van der Waals surface area contributed by atoms with E-state index >= 15 is 0 Å². The normalized spacial score (nSPS) is 26.8. The second kappa shape index (κ2) is 7.00. The molecular formula is C17H32N2O2S. The molecule has 4 nitrogen and oxygen atoms in total. The van der Waals surface area contributed by atoms with E-state index in [4.69, 9.17) is 4.74 Å². The Morgan fingerprint density at radius 2 is 1.86 bits per heavy atom. The van der Waals surface area contributed by atoms with Gasteiger partial charge >= 0.3 is 6.09 Å². The minimum Gasteiger partial charge on any atom is -0.444 e. The van der Waals surface area contributed by atoms with Gasteiger partial charge in [0.25, 0.3) is 0 Å². The van der Waals surface area contributed by atoms with Gasteiger partial charge in [-0.1, -0.05) is 13.8 Å². The molecule has 1 unspecified atom stereocenters. The lowest BCUT2D eigenvalue weighted by Crippen LogP contribution is -2.51. The van der Waals surface area contributed by atoms with Crippen LogP contribution in [-0.4, -0.2) is 53.3 Å². The number of carbonyl (C=O) groups is 1. The van der Waals surface area contributed by atoms with E-state index in [1.165, 1.54) is 17.9 Å². The summed E-state index contributed by atoms with van der Waals surface area (Å²) < 4.78 is 5.45. The first kappa shape index (κ1) is 17.9. The van der Waals surface area contributed by atoms with Gasteiger partial charge in [-0.05, 0) is 51.2 Å². The largest absolute Gasteiger partial charge is 0.444 e. The van der Waals surface area contributed by atoms with Gasteiger partial charge in [0.1, 0.15) is 5.60 Å². The number of thioether (sulfide) groups is 1. The van der Waals surface area contributed by atoms with Crippen LogP contribution in [0.2, 0.25) is 0 Å². The molecule has 0 radical (unpaired) electrons. The third-order valence-electron chi connectivity index (χ3n) is 4.23. The van der Waals surface area contributed by atoms with E-state index in [-0.39, 0.29) is 6.09 Å². The molecule has 0 aromatic heterocycles. The van der Waals surface area contributed by atoms with Crippen molar-refractivity contribution in [2.75, 3.05) is 24.6 Å². The van der Waals surface area contributed by atoms with Gasteiger partial charge in [0, 0.05) is 30.9 Å². The number of ether oxygens (including phenoxy) is 1. The lowest BCUT2D eigenvalue weighted by molar-refractivity contribution is 0.0195. The molecule has 0 aromatic carbocycles. The van der Waals surface area contributed by atoms with Crippen molar-refractivity contribution in [2.45, 2.75) is 71.6 Å². The van der Waals surface area contributed by atoms with Crippen LogP contribution in [0.3, 0.4) is 0 Å². The van der Waals surface area contributed by atoms with Crippen LogP contribution >= 0.6 is 11.8 Å². The molecule has 2 aliphatic rings. The first-order valence-corrected chi connectivity index (χ1v) is 9.62. The predicted molar refractivity (Wildman–Crippen MR) is 93.5 cm³/mol. The zero-order chi connectivity index (χ0) is 16.4. The topological polar surface area (TPSA) is 41.6 Å². The highest BCUT2D eigenvalue weighted by Crippen LogP contribution is 2.34. The van der Waals surface area contributed by atoms with Gasteiger partial charge in [-0.2, -0.15) is 11.8 Å². The lowest BCUT2D eigenvalue weighted by Gasteiger charge is -2.39. The summed E-state index contributed by atoms with van der Waals surface area (Å²) >= 11 is 2.06. The molecule has 2 heterocycles. The summed E-state index contributed by atoms with van der Waals surface area (Å²) in [6, 6.07) is 1.16. The van der Waals surface area contributed by atoms with Gasteiger partial charge in [0.15, 0.2) is 0 Å². The summed E-state index contributed by atoms with van der Waals surface area (Å²) in [6.07, 6.45) is 3.15. The van der Waals surface area contributed by atoms with Gasteiger partial charge in [-0.25, -0.2) is 4.79 Å². The second-order valence-corrected chi connectivity index (χ2v) is 9.52. The number of carbonyl (C=O) groups excluding carboxylic acids is 1. The molecule has 0 spiro atoms. The van der Waals surface area contributed by atoms with Crippen LogP contribution in [0.1, 0.15) is 53.9 Å². The minimum absolute atomic E-state index is 0.166. The van der Waals surface area contributed by atoms with Gasteiger partial charge in [-0.3, -0.25) is 0 Å². The molecule has 0 aromatic rings. The van der Waals surface area contributed by atoms with Gasteiger partial charge in [0.05, 0.1) is 0 Å². The Bertz CT molecular complexity index is 385. The van der Waals surface area contributed by atoms with Crippen LogP contribution in [0.4, 0.5) is 4.79 Å². The third kappa shape index (κ3) is 5.65. The number of hydrogen-bond donors (Lipinski definition) is 1. The zero-order valence-corrected chi connectivity index (χ0v) is 15.6. The third-order valence-corrected chi connectivity index (χ3v) is 5.85. The first-order valence-electron chi connectivity index (χ1n) is 8.46. The fraction of sp³-hybridized carbons (Fsp3) is 0.941. The molecule has 2 aliphatic heterocycles. The SMILES string of the molecule is CC1(C)CSCC(NC2CCN(C(=O)OC(C)(C)C)CC2)C1. The molecule has 0 bridgehead atoms. The van der Waals surface area contributed by atoms with Crippen molar-refractivity contribution in [3.8, 4) is 0 Å². The average molecular weight is 329 g/mol. The molecule has 22 heavy (non-hydrogen) atoms. The maximum Gasteiger partial charge on any atom is 0.410 e. The fourth-order valence-electron chi connectivity index (χ4n) is 3.26. The highest BCUT2D eigenvalue weighted by molar-refractivity contribution is 7.99. The first-order chi connectivity index (χ1) is 10.1. The summed E-state index contributed by atoms with van der Waals surface area (Å²) in [7, 11) is 0. The number of nitrogens with one attached hydrogen (secondary N) is 1. The van der Waals surface area contributed by atoms with E-state index in [0.29, 0.717) is 17.5 Å². The van der Waals surface area contributed by atoms with Crippen molar-refractivity contribution in [2.24, 2.45) is 5.41 Å². The highest BCUT2D eigenvalue weighted by atomic mass is 32.2.